The van der Waals surface area contributed by atoms with Gasteiger partial charge >= 0.3 is 0 Å². The van der Waals surface area contributed by atoms with Gasteiger partial charge in [0.2, 0.25) is 0 Å². The van der Waals surface area contributed by atoms with E-state index in [0.29, 0.717) is 0 Å². The fourth-order valence-corrected chi connectivity index (χ4v) is 0. The van der Waals surface area contributed by atoms with E-state index >= 15 is 0 Å². The molecule has 0 N–H and O–H groups in total. The molecule has 0 saturated carbocycles. The molecule has 0 unspecified atom stereocenters. The first-order valence-corrected chi connectivity index (χ1v) is 0. The zero-order valence-electron chi connectivity index (χ0n) is 2.34. The van der Waals surface area contributed by atoms with Crippen LogP contribution >= 0.6 is 0 Å². The fraction of sp³-hybridized carbons (Fsp3) is 0. The van der Waals surface area contributed by atoms with Gasteiger partial charge in [0, 0.05) is 29.9 Å². The fourth-order valence-electron chi connectivity index (χ4n) is 0. The Morgan fingerprint density at radius 2 is 0.333 bits per heavy atom. The summed E-state index contributed by atoms with van der Waals surface area (Å²) in [5.41, 5.74) is 0. The third kappa shape index (κ3) is 26.2. The molecule has 0 heterocycles. The SMILES string of the molecule is [Br-].[Br-].[Br-].[Br-].[Br-].[Np]. The van der Waals surface area contributed by atoms with E-state index < -0.39 is 0 Å². The van der Waals surface area contributed by atoms with Crippen molar-refractivity contribution in [1.29, 1.82) is 0 Å². The minimum Gasteiger partial charge on any atom is -1.00 e. The summed E-state index contributed by atoms with van der Waals surface area (Å²) >= 11 is 0. The molecule has 0 rings (SSSR count). The van der Waals surface area contributed by atoms with Crippen molar-refractivity contribution < 1.29 is 115 Å². The van der Waals surface area contributed by atoms with Crippen molar-refractivity contribution in [2.75, 3.05) is 0 Å². The van der Waals surface area contributed by atoms with E-state index in [-0.39, 0.29) is 115 Å². The van der Waals surface area contributed by atoms with Gasteiger partial charge in [0.15, 0.2) is 0 Å². The van der Waals surface area contributed by atoms with Crippen LogP contribution in [0.5, 0.6) is 0 Å². The molecule has 0 aromatic rings. The van der Waals surface area contributed by atoms with Crippen molar-refractivity contribution >= 4 is 0 Å². The van der Waals surface area contributed by atoms with Gasteiger partial charge in [-0.15, -0.1) is 0 Å². The van der Waals surface area contributed by atoms with Crippen molar-refractivity contribution in [2.24, 2.45) is 0 Å². The molecule has 0 aliphatic carbocycles. The van der Waals surface area contributed by atoms with Crippen LogP contribution in [0.3, 0.4) is 0 Å². The molecule has 0 aliphatic rings. The van der Waals surface area contributed by atoms with Crippen LogP contribution in [0.25, 0.3) is 0 Å². The normalized spacial score (nSPS) is 0. The second kappa shape index (κ2) is 39.7. The van der Waals surface area contributed by atoms with Crippen LogP contribution in [0.1, 0.15) is 0 Å². The monoisotopic (exact) mass is 631 g/mol. The molecule has 1 radical (unpaired) electrons. The Morgan fingerprint density at radius 3 is 0.333 bits per heavy atom. The maximum absolute atomic E-state index is 0. The van der Waals surface area contributed by atoms with Gasteiger partial charge in [-0.05, 0) is 0 Å². The van der Waals surface area contributed by atoms with Crippen LogP contribution in [0.15, 0.2) is 0 Å². The van der Waals surface area contributed by atoms with Gasteiger partial charge in [0.05, 0.1) is 0 Å². The van der Waals surface area contributed by atoms with Crippen LogP contribution < -0.4 is 84.9 Å². The third-order valence-corrected chi connectivity index (χ3v) is 0. The molecule has 0 aliphatic heterocycles. The topological polar surface area (TPSA) is 0 Å². The first kappa shape index (κ1) is 57.2. The molecular formula is Br5Np-5. The number of halogens is 5. The predicted molar refractivity (Wildman–Crippen MR) is 0 cm³/mol. The second-order valence-corrected chi connectivity index (χ2v) is 0. The van der Waals surface area contributed by atoms with Crippen LogP contribution in [0, 0.1) is 29.9 Å². The van der Waals surface area contributed by atoms with E-state index in [4.69, 9.17) is 0 Å². The average molecular weight is 637 g/mol. The van der Waals surface area contributed by atoms with Gasteiger partial charge in [0.25, 0.3) is 0 Å². The largest absolute Gasteiger partial charge is 1.00 e. The summed E-state index contributed by atoms with van der Waals surface area (Å²) < 4.78 is 0. The molecule has 0 spiro atoms. The maximum atomic E-state index is 0. The summed E-state index contributed by atoms with van der Waals surface area (Å²) in [4.78, 5) is 0. The number of hydrogen-bond donors (Lipinski definition) is 0. The van der Waals surface area contributed by atoms with Gasteiger partial charge in [-0.3, -0.25) is 0 Å². The summed E-state index contributed by atoms with van der Waals surface area (Å²) in [6.45, 7) is 0. The molecule has 0 amide bonds. The Bertz CT molecular complexity index is 3.90. The summed E-state index contributed by atoms with van der Waals surface area (Å²) in [6.07, 6.45) is 0. The van der Waals surface area contributed by atoms with E-state index in [1.54, 1.807) is 0 Å². The van der Waals surface area contributed by atoms with Crippen LogP contribution in [0.2, 0.25) is 0 Å². The molecule has 0 fully saturated rings. The molecule has 0 nitrogen and oxygen atoms in total. The van der Waals surface area contributed by atoms with Crippen LogP contribution in [-0.4, -0.2) is 0 Å². The van der Waals surface area contributed by atoms with Crippen LogP contribution in [0.4, 0.5) is 0 Å². The standard InChI is InChI=1S/5BrH.Np/h5*1H;/p-5. The third-order valence-electron chi connectivity index (χ3n) is 0. The van der Waals surface area contributed by atoms with Crippen molar-refractivity contribution in [2.45, 2.75) is 0 Å². The molecule has 6 heavy (non-hydrogen) atoms. The minimum absolute atomic E-state index is 0. The summed E-state index contributed by atoms with van der Waals surface area (Å²) in [5, 5.41) is 0. The Kier molecular flexibility index (Phi) is 378. The van der Waals surface area contributed by atoms with Gasteiger partial charge in [-0.1, -0.05) is 0 Å². The molecule has 6 heteroatoms. The van der Waals surface area contributed by atoms with Gasteiger partial charge < -0.3 is 84.9 Å². The van der Waals surface area contributed by atoms with E-state index in [0.717, 1.165) is 0 Å². The maximum Gasteiger partial charge on any atom is 0 e. The van der Waals surface area contributed by atoms with Crippen molar-refractivity contribution in [1.82, 2.24) is 0 Å². The summed E-state index contributed by atoms with van der Waals surface area (Å²) in [6, 6.07) is 0. The van der Waals surface area contributed by atoms with Crippen LogP contribution in [-0.2, 0) is 0 Å². The van der Waals surface area contributed by atoms with E-state index in [9.17, 15) is 0 Å². The number of rotatable bonds is 0. The van der Waals surface area contributed by atoms with E-state index in [1.165, 1.54) is 0 Å². The molecule has 0 aromatic heterocycles. The second-order valence-electron chi connectivity index (χ2n) is 0. The van der Waals surface area contributed by atoms with Gasteiger partial charge in [-0.2, -0.15) is 0 Å². The number of hydrogen-bond acceptors (Lipinski definition) is 0. The minimum atomic E-state index is 0. The Balaban J connectivity index is 0. The Labute approximate surface area is 113 Å². The summed E-state index contributed by atoms with van der Waals surface area (Å²) in [5.74, 6) is 0. The zero-order chi connectivity index (χ0) is 0. The molecule has 0 aromatic carbocycles. The first-order chi connectivity index (χ1) is 0. The smallest absolute Gasteiger partial charge is 0 e. The van der Waals surface area contributed by atoms with Crippen molar-refractivity contribution in [3.05, 3.63) is 0 Å². The predicted octanol–water partition coefficient (Wildman–Crippen LogP) is -15.0. The molecule has 0 saturated heterocycles. The van der Waals surface area contributed by atoms with E-state index in [2.05, 4.69) is 0 Å². The molecule has 45 valence electrons. The summed E-state index contributed by atoms with van der Waals surface area (Å²) in [7, 11) is 0. The van der Waals surface area contributed by atoms with Crippen molar-refractivity contribution in [3.8, 4) is 0 Å². The van der Waals surface area contributed by atoms with Gasteiger partial charge in [-0.25, -0.2) is 0 Å². The Morgan fingerprint density at radius 1 is 0.333 bits per heavy atom. The zero-order valence-corrected chi connectivity index (χ0v) is 14.0. The molecular weight excluding hydrogens is 637 g/mol. The first-order valence-electron chi connectivity index (χ1n) is 0. The Hall–Kier alpha value is 3.41. The quantitative estimate of drug-likeness (QED) is 0.248. The van der Waals surface area contributed by atoms with Gasteiger partial charge in [0.1, 0.15) is 0 Å². The molecule has 0 bridgehead atoms. The van der Waals surface area contributed by atoms with Crippen molar-refractivity contribution in [3.63, 3.8) is 0 Å². The van der Waals surface area contributed by atoms with E-state index in [1.807, 2.05) is 0 Å². The average Bonchev–Trinajstić information content (AvgIpc) is 0. The molecule has 0 atom stereocenters.